The predicted octanol–water partition coefficient (Wildman–Crippen LogP) is 3.62. The molecule has 0 fully saturated rings. The maximum absolute atomic E-state index is 10.6. The van der Waals surface area contributed by atoms with E-state index in [9.17, 15) is 10.1 Å². The lowest BCUT2D eigenvalue weighted by atomic mass is 10.1. The minimum Gasteiger partial charge on any atom is -0.334 e. The SMILES string of the molecule is Cc1cccc(-c2nc(-c3ccc([N+](=O)[O-])cc3)no2)c1. The number of benzene rings is 2. The molecule has 6 nitrogen and oxygen atoms in total. The van der Waals surface area contributed by atoms with E-state index in [2.05, 4.69) is 10.1 Å². The molecule has 21 heavy (non-hydrogen) atoms. The fourth-order valence-corrected chi connectivity index (χ4v) is 1.97. The maximum Gasteiger partial charge on any atom is 0.269 e. The zero-order valence-corrected chi connectivity index (χ0v) is 11.2. The Morgan fingerprint density at radius 3 is 2.52 bits per heavy atom. The van der Waals surface area contributed by atoms with Crippen molar-refractivity contribution in [2.45, 2.75) is 6.92 Å². The van der Waals surface area contributed by atoms with Crippen molar-refractivity contribution in [1.82, 2.24) is 10.1 Å². The Labute approximate surface area is 120 Å². The van der Waals surface area contributed by atoms with Gasteiger partial charge in [0, 0.05) is 23.3 Å². The Morgan fingerprint density at radius 1 is 1.10 bits per heavy atom. The summed E-state index contributed by atoms with van der Waals surface area (Å²) < 4.78 is 5.24. The lowest BCUT2D eigenvalue weighted by Crippen LogP contribution is -1.87. The number of non-ortho nitro benzene ring substituents is 1. The quantitative estimate of drug-likeness (QED) is 0.541. The number of rotatable bonds is 3. The lowest BCUT2D eigenvalue weighted by molar-refractivity contribution is -0.384. The van der Waals surface area contributed by atoms with Gasteiger partial charge in [-0.3, -0.25) is 10.1 Å². The van der Waals surface area contributed by atoms with E-state index in [1.54, 1.807) is 12.1 Å². The van der Waals surface area contributed by atoms with E-state index < -0.39 is 4.92 Å². The van der Waals surface area contributed by atoms with Crippen molar-refractivity contribution < 1.29 is 9.45 Å². The summed E-state index contributed by atoms with van der Waals surface area (Å²) >= 11 is 0. The van der Waals surface area contributed by atoms with Gasteiger partial charge in [-0.15, -0.1) is 0 Å². The Kier molecular flexibility index (Phi) is 3.19. The molecule has 1 heterocycles. The van der Waals surface area contributed by atoms with E-state index in [1.807, 2.05) is 31.2 Å². The normalized spacial score (nSPS) is 10.5. The summed E-state index contributed by atoms with van der Waals surface area (Å²) in [6.07, 6.45) is 0. The molecule has 0 aliphatic rings. The molecule has 2 aromatic carbocycles. The van der Waals surface area contributed by atoms with Gasteiger partial charge >= 0.3 is 0 Å². The number of hydrogen-bond acceptors (Lipinski definition) is 5. The van der Waals surface area contributed by atoms with Crippen LogP contribution in [0.15, 0.2) is 53.1 Å². The molecule has 0 bridgehead atoms. The van der Waals surface area contributed by atoms with Crippen molar-refractivity contribution >= 4 is 5.69 Å². The number of nitro benzene ring substituents is 1. The Hall–Kier alpha value is -3.02. The highest BCUT2D eigenvalue weighted by atomic mass is 16.6. The van der Waals surface area contributed by atoms with Crippen LogP contribution in [-0.2, 0) is 0 Å². The molecule has 0 aliphatic heterocycles. The zero-order valence-electron chi connectivity index (χ0n) is 11.2. The monoisotopic (exact) mass is 281 g/mol. The second kappa shape index (κ2) is 5.16. The molecule has 3 rings (SSSR count). The smallest absolute Gasteiger partial charge is 0.269 e. The summed E-state index contributed by atoms with van der Waals surface area (Å²) in [7, 11) is 0. The maximum atomic E-state index is 10.6. The third-order valence-electron chi connectivity index (χ3n) is 3.03. The molecule has 0 saturated carbocycles. The topological polar surface area (TPSA) is 82.1 Å². The van der Waals surface area contributed by atoms with E-state index in [4.69, 9.17) is 4.52 Å². The van der Waals surface area contributed by atoms with Crippen molar-refractivity contribution in [2.75, 3.05) is 0 Å². The summed E-state index contributed by atoms with van der Waals surface area (Å²) in [4.78, 5) is 14.5. The minimum atomic E-state index is -0.446. The molecule has 0 N–H and O–H groups in total. The first-order chi connectivity index (χ1) is 10.1. The number of hydrogen-bond donors (Lipinski definition) is 0. The Bertz CT molecular complexity index is 794. The fourth-order valence-electron chi connectivity index (χ4n) is 1.97. The Morgan fingerprint density at radius 2 is 1.86 bits per heavy atom. The van der Waals surface area contributed by atoms with Crippen molar-refractivity contribution in [3.8, 4) is 22.8 Å². The first kappa shape index (κ1) is 13.0. The van der Waals surface area contributed by atoms with Crippen molar-refractivity contribution in [3.05, 3.63) is 64.2 Å². The van der Waals surface area contributed by atoms with Crippen LogP contribution in [0.3, 0.4) is 0 Å². The van der Waals surface area contributed by atoms with Crippen LogP contribution in [0.2, 0.25) is 0 Å². The van der Waals surface area contributed by atoms with Gasteiger partial charge in [-0.25, -0.2) is 0 Å². The molecule has 0 aliphatic carbocycles. The van der Waals surface area contributed by atoms with Crippen LogP contribution in [0.4, 0.5) is 5.69 Å². The summed E-state index contributed by atoms with van der Waals surface area (Å²) in [5.41, 5.74) is 2.64. The molecule has 104 valence electrons. The van der Waals surface area contributed by atoms with Crippen molar-refractivity contribution in [1.29, 1.82) is 0 Å². The minimum absolute atomic E-state index is 0.0288. The third-order valence-corrected chi connectivity index (χ3v) is 3.03. The van der Waals surface area contributed by atoms with Gasteiger partial charge in [0.25, 0.3) is 11.6 Å². The molecular weight excluding hydrogens is 270 g/mol. The Balaban J connectivity index is 1.93. The number of nitro groups is 1. The van der Waals surface area contributed by atoms with Gasteiger partial charge in [0.15, 0.2) is 0 Å². The van der Waals surface area contributed by atoms with E-state index in [1.165, 1.54) is 12.1 Å². The molecule has 3 aromatic rings. The van der Waals surface area contributed by atoms with Gasteiger partial charge in [0.2, 0.25) is 5.82 Å². The lowest BCUT2D eigenvalue weighted by Gasteiger charge is -1.95. The number of aryl methyl sites for hydroxylation is 1. The number of nitrogens with zero attached hydrogens (tertiary/aromatic N) is 3. The van der Waals surface area contributed by atoms with Crippen molar-refractivity contribution in [2.24, 2.45) is 0 Å². The first-order valence-electron chi connectivity index (χ1n) is 6.29. The van der Waals surface area contributed by atoms with E-state index in [0.717, 1.165) is 11.1 Å². The highest BCUT2D eigenvalue weighted by molar-refractivity contribution is 5.61. The fraction of sp³-hybridized carbons (Fsp3) is 0.0667. The summed E-state index contributed by atoms with van der Waals surface area (Å²) in [6.45, 7) is 1.98. The van der Waals surface area contributed by atoms with Crippen LogP contribution < -0.4 is 0 Å². The molecule has 0 atom stereocenters. The molecule has 0 unspecified atom stereocenters. The molecular formula is C15H11N3O3. The average Bonchev–Trinajstić information content (AvgIpc) is 2.97. The van der Waals surface area contributed by atoms with E-state index in [0.29, 0.717) is 17.3 Å². The van der Waals surface area contributed by atoms with Crippen LogP contribution in [0.1, 0.15) is 5.56 Å². The summed E-state index contributed by atoms with van der Waals surface area (Å²) in [5.74, 6) is 0.827. The molecule has 0 radical (unpaired) electrons. The van der Waals surface area contributed by atoms with Crippen LogP contribution in [0, 0.1) is 17.0 Å². The van der Waals surface area contributed by atoms with Crippen LogP contribution in [-0.4, -0.2) is 15.1 Å². The summed E-state index contributed by atoms with van der Waals surface area (Å²) in [6, 6.07) is 13.8. The average molecular weight is 281 g/mol. The van der Waals surface area contributed by atoms with Gasteiger partial charge in [-0.1, -0.05) is 22.9 Å². The van der Waals surface area contributed by atoms with Crippen molar-refractivity contribution in [3.63, 3.8) is 0 Å². The first-order valence-corrected chi connectivity index (χ1v) is 6.29. The molecule has 0 saturated heterocycles. The second-order valence-corrected chi connectivity index (χ2v) is 4.60. The molecule has 0 amide bonds. The predicted molar refractivity (Wildman–Crippen MR) is 76.6 cm³/mol. The number of aromatic nitrogens is 2. The molecule has 6 heteroatoms. The van der Waals surface area contributed by atoms with E-state index in [-0.39, 0.29) is 5.69 Å². The highest BCUT2D eigenvalue weighted by Gasteiger charge is 2.12. The summed E-state index contributed by atoms with van der Waals surface area (Å²) in [5, 5.41) is 14.5. The highest BCUT2D eigenvalue weighted by Crippen LogP contribution is 2.24. The van der Waals surface area contributed by atoms with E-state index >= 15 is 0 Å². The van der Waals surface area contributed by atoms with Gasteiger partial charge in [-0.05, 0) is 31.2 Å². The van der Waals surface area contributed by atoms with Gasteiger partial charge in [0.1, 0.15) is 0 Å². The molecule has 1 aromatic heterocycles. The third kappa shape index (κ3) is 2.64. The van der Waals surface area contributed by atoms with Gasteiger partial charge in [-0.2, -0.15) is 4.98 Å². The largest absolute Gasteiger partial charge is 0.334 e. The zero-order chi connectivity index (χ0) is 14.8. The van der Waals surface area contributed by atoms with Gasteiger partial charge in [0.05, 0.1) is 4.92 Å². The van der Waals surface area contributed by atoms with Crippen LogP contribution in [0.5, 0.6) is 0 Å². The second-order valence-electron chi connectivity index (χ2n) is 4.60. The standard InChI is InChI=1S/C15H11N3O3/c1-10-3-2-4-12(9-10)15-16-14(17-21-15)11-5-7-13(8-6-11)18(19)20/h2-9H,1H3. The van der Waals surface area contributed by atoms with Gasteiger partial charge < -0.3 is 4.52 Å². The van der Waals surface area contributed by atoms with Crippen LogP contribution in [0.25, 0.3) is 22.8 Å². The van der Waals surface area contributed by atoms with Crippen LogP contribution >= 0.6 is 0 Å². The molecule has 0 spiro atoms.